The highest BCUT2D eigenvalue weighted by molar-refractivity contribution is 9.10. The van der Waals surface area contributed by atoms with E-state index in [9.17, 15) is 4.79 Å². The predicted molar refractivity (Wildman–Crippen MR) is 85.1 cm³/mol. The summed E-state index contributed by atoms with van der Waals surface area (Å²) in [6.07, 6.45) is 0. The van der Waals surface area contributed by atoms with Gasteiger partial charge in [0.05, 0.1) is 18.7 Å². The number of hydrogen-bond acceptors (Lipinski definition) is 3. The van der Waals surface area contributed by atoms with Gasteiger partial charge in [-0.15, -0.1) is 0 Å². The minimum absolute atomic E-state index is 0.302. The van der Waals surface area contributed by atoms with Gasteiger partial charge in [-0.25, -0.2) is 4.79 Å². The van der Waals surface area contributed by atoms with Crippen molar-refractivity contribution in [3.05, 3.63) is 45.6 Å². The number of nitrogens with one attached hydrogen (secondary N) is 1. The Bertz CT molecular complexity index is 601. The number of ether oxygens (including phenoxy) is 1. The third-order valence-electron chi connectivity index (χ3n) is 3.34. The third kappa shape index (κ3) is 2.71. The summed E-state index contributed by atoms with van der Waals surface area (Å²) in [6.45, 7) is 1.87. The highest BCUT2D eigenvalue weighted by Gasteiger charge is 2.33. The van der Waals surface area contributed by atoms with Gasteiger partial charge in [-0.05, 0) is 36.8 Å². The monoisotopic (exact) mass is 354 g/mol. The summed E-state index contributed by atoms with van der Waals surface area (Å²) >= 11 is 8.75. The van der Waals surface area contributed by atoms with E-state index in [1.165, 1.54) is 7.11 Å². The molecule has 2 rings (SSSR count). The van der Waals surface area contributed by atoms with Crippen molar-refractivity contribution in [1.82, 2.24) is 10.2 Å². The number of hydrogen-bond donors (Lipinski definition) is 1. The van der Waals surface area contributed by atoms with E-state index < -0.39 is 0 Å². The van der Waals surface area contributed by atoms with Gasteiger partial charge in [0.25, 0.3) is 0 Å². The second-order valence-electron chi connectivity index (χ2n) is 4.49. The Kier molecular flexibility index (Phi) is 4.45. The lowest BCUT2D eigenvalue weighted by Crippen LogP contribution is -2.46. The molecule has 0 saturated heterocycles. The Morgan fingerprint density at radius 3 is 2.80 bits per heavy atom. The zero-order valence-electron chi connectivity index (χ0n) is 11.4. The van der Waals surface area contributed by atoms with Crippen LogP contribution in [-0.2, 0) is 9.53 Å². The van der Waals surface area contributed by atoms with Crippen LogP contribution in [0.2, 0.25) is 0 Å². The molecule has 0 aromatic heterocycles. The zero-order chi connectivity index (χ0) is 14.9. The van der Waals surface area contributed by atoms with Gasteiger partial charge in [0.2, 0.25) is 0 Å². The van der Waals surface area contributed by atoms with E-state index in [-0.39, 0.29) is 12.0 Å². The number of nitrogens with zero attached hydrogens (tertiary/aromatic N) is 1. The number of halogens is 1. The van der Waals surface area contributed by atoms with E-state index in [2.05, 4.69) is 21.2 Å². The number of benzene rings is 1. The molecule has 0 aliphatic carbocycles. The smallest absolute Gasteiger partial charge is 0.337 e. The lowest BCUT2D eigenvalue weighted by Gasteiger charge is -2.35. The van der Waals surface area contributed by atoms with Crippen LogP contribution < -0.4 is 5.32 Å². The summed E-state index contributed by atoms with van der Waals surface area (Å²) < 4.78 is 5.85. The fraction of sp³-hybridized carbons (Fsp3) is 0.286. The van der Waals surface area contributed by atoms with E-state index in [1.807, 2.05) is 38.2 Å². The minimum atomic E-state index is -0.352. The van der Waals surface area contributed by atoms with Gasteiger partial charge in [0.1, 0.15) is 0 Å². The molecule has 1 aliphatic rings. The maximum atomic E-state index is 12.1. The number of carbonyl (C=O) groups excluding carboxylic acids is 1. The standard InChI is InChI=1S/C14H15BrN2O2S/c1-8-11(13(18)19-3)12(16-14(20)17(8)2)9-5-4-6-10(15)7-9/h4-7,12H,1-3H3,(H,16,20). The molecular weight excluding hydrogens is 340 g/mol. The molecule has 1 aliphatic heterocycles. The molecule has 1 atom stereocenters. The van der Waals surface area contributed by atoms with Crippen molar-refractivity contribution in [3.8, 4) is 0 Å². The van der Waals surface area contributed by atoms with E-state index in [1.54, 1.807) is 4.90 Å². The van der Waals surface area contributed by atoms with Crippen LogP contribution in [0.3, 0.4) is 0 Å². The van der Waals surface area contributed by atoms with Gasteiger partial charge in [0, 0.05) is 17.2 Å². The number of allylic oxidation sites excluding steroid dienone is 1. The van der Waals surface area contributed by atoms with Gasteiger partial charge >= 0.3 is 5.97 Å². The van der Waals surface area contributed by atoms with Crippen LogP contribution in [0.5, 0.6) is 0 Å². The Morgan fingerprint density at radius 2 is 2.20 bits per heavy atom. The molecule has 0 radical (unpaired) electrons. The molecule has 1 aromatic carbocycles. The van der Waals surface area contributed by atoms with Crippen LogP contribution >= 0.6 is 28.1 Å². The topological polar surface area (TPSA) is 41.6 Å². The summed E-state index contributed by atoms with van der Waals surface area (Å²) in [5.41, 5.74) is 2.32. The lowest BCUT2D eigenvalue weighted by atomic mass is 9.95. The quantitative estimate of drug-likeness (QED) is 0.653. The average molecular weight is 355 g/mol. The maximum Gasteiger partial charge on any atom is 0.337 e. The Morgan fingerprint density at radius 1 is 1.50 bits per heavy atom. The summed E-state index contributed by atoms with van der Waals surface area (Å²) in [6, 6.07) is 7.47. The number of thiocarbonyl (C=S) groups is 1. The van der Waals surface area contributed by atoms with Gasteiger partial charge in [-0.1, -0.05) is 28.1 Å². The van der Waals surface area contributed by atoms with Gasteiger partial charge in [-0.3, -0.25) is 0 Å². The fourth-order valence-electron chi connectivity index (χ4n) is 2.15. The molecule has 0 bridgehead atoms. The average Bonchev–Trinajstić information content (AvgIpc) is 2.43. The highest BCUT2D eigenvalue weighted by Crippen LogP contribution is 2.31. The number of esters is 1. The van der Waals surface area contributed by atoms with Crippen molar-refractivity contribution in [2.45, 2.75) is 13.0 Å². The lowest BCUT2D eigenvalue weighted by molar-refractivity contribution is -0.136. The van der Waals surface area contributed by atoms with Gasteiger partial charge in [0.15, 0.2) is 5.11 Å². The van der Waals surface area contributed by atoms with Gasteiger partial charge < -0.3 is 15.0 Å². The molecule has 0 saturated carbocycles. The number of rotatable bonds is 2. The van der Waals surface area contributed by atoms with E-state index >= 15 is 0 Å². The van der Waals surface area contributed by atoms with Crippen molar-refractivity contribution in [1.29, 1.82) is 0 Å². The van der Waals surface area contributed by atoms with Crippen LogP contribution in [0, 0.1) is 0 Å². The fourth-order valence-corrected chi connectivity index (χ4v) is 2.82. The molecule has 1 aromatic rings. The summed E-state index contributed by atoms with van der Waals surface area (Å²) in [4.78, 5) is 13.9. The summed E-state index contributed by atoms with van der Waals surface area (Å²) in [5, 5.41) is 3.77. The largest absolute Gasteiger partial charge is 0.466 e. The van der Waals surface area contributed by atoms with Crippen molar-refractivity contribution < 1.29 is 9.53 Å². The first kappa shape index (κ1) is 15.0. The van der Waals surface area contributed by atoms with Crippen LogP contribution in [-0.4, -0.2) is 30.1 Å². The van der Waals surface area contributed by atoms with Gasteiger partial charge in [-0.2, -0.15) is 0 Å². The second-order valence-corrected chi connectivity index (χ2v) is 5.79. The highest BCUT2D eigenvalue weighted by atomic mass is 79.9. The minimum Gasteiger partial charge on any atom is -0.466 e. The normalized spacial score (nSPS) is 18.9. The van der Waals surface area contributed by atoms with Crippen molar-refractivity contribution in [2.75, 3.05) is 14.2 Å². The van der Waals surface area contributed by atoms with Crippen molar-refractivity contribution >= 4 is 39.2 Å². The molecule has 0 spiro atoms. The molecule has 106 valence electrons. The number of carbonyl (C=O) groups is 1. The van der Waals surface area contributed by atoms with E-state index in [4.69, 9.17) is 17.0 Å². The SMILES string of the molecule is COC(=O)C1=C(C)N(C)C(=S)NC1c1cccc(Br)c1. The Labute approximate surface area is 131 Å². The zero-order valence-corrected chi connectivity index (χ0v) is 13.8. The van der Waals surface area contributed by atoms with Crippen LogP contribution in [0.1, 0.15) is 18.5 Å². The predicted octanol–water partition coefficient (Wildman–Crippen LogP) is 2.76. The first-order chi connectivity index (χ1) is 9.45. The first-order valence-corrected chi connectivity index (χ1v) is 7.24. The molecule has 0 amide bonds. The maximum absolute atomic E-state index is 12.1. The summed E-state index contributed by atoms with van der Waals surface area (Å²) in [5.74, 6) is -0.352. The Balaban J connectivity index is 2.55. The first-order valence-electron chi connectivity index (χ1n) is 6.04. The molecule has 0 fully saturated rings. The molecule has 4 nitrogen and oxygen atoms in total. The third-order valence-corrected chi connectivity index (χ3v) is 4.23. The molecule has 1 heterocycles. The van der Waals surface area contributed by atoms with Crippen molar-refractivity contribution in [2.24, 2.45) is 0 Å². The van der Waals surface area contributed by atoms with E-state index in [0.717, 1.165) is 15.7 Å². The van der Waals surface area contributed by atoms with Crippen LogP contribution in [0.25, 0.3) is 0 Å². The molecule has 1 N–H and O–H groups in total. The molecule has 1 unspecified atom stereocenters. The van der Waals surface area contributed by atoms with E-state index in [0.29, 0.717) is 10.7 Å². The molecule has 6 heteroatoms. The number of methoxy groups -OCH3 is 1. The van der Waals surface area contributed by atoms with Crippen LogP contribution in [0.4, 0.5) is 0 Å². The second kappa shape index (κ2) is 5.93. The van der Waals surface area contributed by atoms with Crippen LogP contribution in [0.15, 0.2) is 40.0 Å². The molecule has 20 heavy (non-hydrogen) atoms. The summed E-state index contributed by atoms with van der Waals surface area (Å²) in [7, 11) is 3.21. The Hall–Kier alpha value is -1.40. The van der Waals surface area contributed by atoms with Crippen molar-refractivity contribution in [3.63, 3.8) is 0 Å². The molecular formula is C14H15BrN2O2S.